The minimum Gasteiger partial charge on any atom is -0.481 e. The number of amides is 1. The molecular formula is C13H24N2O3. The molecule has 0 spiro atoms. The van der Waals surface area contributed by atoms with Crippen LogP contribution in [0, 0.1) is 5.92 Å². The molecule has 18 heavy (non-hydrogen) atoms. The molecule has 104 valence electrons. The molecule has 1 heterocycles. The number of hydrogen-bond acceptors (Lipinski definition) is 3. The van der Waals surface area contributed by atoms with Gasteiger partial charge in [-0.05, 0) is 52.6 Å². The van der Waals surface area contributed by atoms with Crippen LogP contribution in [0.15, 0.2) is 0 Å². The number of carbonyl (C=O) groups excluding carboxylic acids is 1. The minimum atomic E-state index is -0.723. The molecule has 2 N–H and O–H groups in total. The van der Waals surface area contributed by atoms with E-state index in [9.17, 15) is 9.59 Å². The van der Waals surface area contributed by atoms with Crippen LogP contribution < -0.4 is 5.32 Å². The standard InChI is InChI=1S/C13H24N2O3/c1-13(2,3)14-11(16)9-15-6-4-10(5-7-15)8-12(17)18/h10H,4-9H2,1-3H3,(H,14,16)(H,17,18). The summed E-state index contributed by atoms with van der Waals surface area (Å²) >= 11 is 0. The van der Waals surface area contributed by atoms with Crippen LogP contribution in [0.3, 0.4) is 0 Å². The average Bonchev–Trinajstić information content (AvgIpc) is 2.17. The van der Waals surface area contributed by atoms with Gasteiger partial charge in [0, 0.05) is 12.0 Å². The predicted molar refractivity (Wildman–Crippen MR) is 69.3 cm³/mol. The summed E-state index contributed by atoms with van der Waals surface area (Å²) < 4.78 is 0. The van der Waals surface area contributed by atoms with Crippen LogP contribution in [0.25, 0.3) is 0 Å². The number of likely N-dealkylation sites (tertiary alicyclic amines) is 1. The van der Waals surface area contributed by atoms with Crippen molar-refractivity contribution in [3.05, 3.63) is 0 Å². The van der Waals surface area contributed by atoms with Crippen molar-refractivity contribution in [1.82, 2.24) is 10.2 Å². The summed E-state index contributed by atoms with van der Waals surface area (Å²) in [5.41, 5.74) is -0.196. The second kappa shape index (κ2) is 6.18. The Morgan fingerprint density at radius 3 is 2.28 bits per heavy atom. The predicted octanol–water partition coefficient (Wildman–Crippen LogP) is 1.09. The molecule has 0 bridgehead atoms. The molecule has 1 fully saturated rings. The number of nitrogens with one attached hydrogen (secondary N) is 1. The van der Waals surface area contributed by atoms with Crippen molar-refractivity contribution in [3.8, 4) is 0 Å². The Hall–Kier alpha value is -1.10. The van der Waals surface area contributed by atoms with Crippen molar-refractivity contribution in [2.45, 2.75) is 45.6 Å². The van der Waals surface area contributed by atoms with Gasteiger partial charge in [-0.25, -0.2) is 0 Å². The Bertz CT molecular complexity index is 302. The fraction of sp³-hybridized carbons (Fsp3) is 0.846. The fourth-order valence-electron chi connectivity index (χ4n) is 2.26. The number of hydrogen-bond donors (Lipinski definition) is 2. The molecule has 0 aromatic carbocycles. The lowest BCUT2D eigenvalue weighted by atomic mass is 9.93. The van der Waals surface area contributed by atoms with Crippen molar-refractivity contribution >= 4 is 11.9 Å². The highest BCUT2D eigenvalue weighted by Crippen LogP contribution is 2.20. The SMILES string of the molecule is CC(C)(C)NC(=O)CN1CCC(CC(=O)O)CC1. The number of carbonyl (C=O) groups is 2. The zero-order chi connectivity index (χ0) is 13.8. The van der Waals surface area contributed by atoms with E-state index in [0.717, 1.165) is 25.9 Å². The number of nitrogens with zero attached hydrogens (tertiary/aromatic N) is 1. The van der Waals surface area contributed by atoms with Gasteiger partial charge >= 0.3 is 5.97 Å². The van der Waals surface area contributed by atoms with Crippen molar-refractivity contribution in [2.24, 2.45) is 5.92 Å². The summed E-state index contributed by atoms with van der Waals surface area (Å²) in [5.74, 6) is -0.414. The Kier molecular flexibility index (Phi) is 5.14. The Labute approximate surface area is 109 Å². The van der Waals surface area contributed by atoms with Gasteiger partial charge in [-0.1, -0.05) is 0 Å². The van der Waals surface area contributed by atoms with Crippen LogP contribution in [0.4, 0.5) is 0 Å². The van der Waals surface area contributed by atoms with Crippen molar-refractivity contribution in [3.63, 3.8) is 0 Å². The van der Waals surface area contributed by atoms with E-state index >= 15 is 0 Å². The van der Waals surface area contributed by atoms with Gasteiger partial charge in [0.1, 0.15) is 0 Å². The quantitative estimate of drug-likeness (QED) is 0.790. The Morgan fingerprint density at radius 2 is 1.83 bits per heavy atom. The Morgan fingerprint density at radius 1 is 1.28 bits per heavy atom. The summed E-state index contributed by atoms with van der Waals surface area (Å²) in [5, 5.41) is 11.7. The van der Waals surface area contributed by atoms with E-state index in [-0.39, 0.29) is 23.8 Å². The molecular weight excluding hydrogens is 232 g/mol. The molecule has 1 saturated heterocycles. The highest BCUT2D eigenvalue weighted by atomic mass is 16.4. The normalized spacial score (nSPS) is 18.6. The topological polar surface area (TPSA) is 69.6 Å². The van der Waals surface area contributed by atoms with Crippen LogP contribution in [-0.2, 0) is 9.59 Å². The van der Waals surface area contributed by atoms with E-state index in [2.05, 4.69) is 10.2 Å². The molecule has 5 heteroatoms. The first-order valence-electron chi connectivity index (χ1n) is 6.51. The molecule has 5 nitrogen and oxygen atoms in total. The van der Waals surface area contributed by atoms with Gasteiger partial charge < -0.3 is 10.4 Å². The molecule has 0 unspecified atom stereocenters. The van der Waals surface area contributed by atoms with E-state index in [1.54, 1.807) is 0 Å². The largest absolute Gasteiger partial charge is 0.481 e. The number of carboxylic acids is 1. The fourth-order valence-corrected chi connectivity index (χ4v) is 2.26. The molecule has 1 aliphatic rings. The zero-order valence-electron chi connectivity index (χ0n) is 11.5. The van der Waals surface area contributed by atoms with Gasteiger partial charge in [0.05, 0.1) is 6.54 Å². The first kappa shape index (κ1) is 15.0. The average molecular weight is 256 g/mol. The molecule has 1 amide bonds. The Balaban J connectivity index is 2.27. The van der Waals surface area contributed by atoms with E-state index in [1.165, 1.54) is 0 Å². The monoisotopic (exact) mass is 256 g/mol. The number of aliphatic carboxylic acids is 1. The molecule has 0 aliphatic carbocycles. The molecule has 0 atom stereocenters. The summed E-state index contributed by atoms with van der Waals surface area (Å²) in [7, 11) is 0. The molecule has 0 aromatic heterocycles. The van der Waals surface area contributed by atoms with Gasteiger partial charge in [0.15, 0.2) is 0 Å². The lowest BCUT2D eigenvalue weighted by Gasteiger charge is -2.31. The van der Waals surface area contributed by atoms with E-state index in [4.69, 9.17) is 5.11 Å². The van der Waals surface area contributed by atoms with Crippen molar-refractivity contribution in [2.75, 3.05) is 19.6 Å². The summed E-state index contributed by atoms with van der Waals surface area (Å²) in [4.78, 5) is 24.4. The number of piperidine rings is 1. The summed E-state index contributed by atoms with van der Waals surface area (Å²) in [6.45, 7) is 7.93. The number of carboxylic acid groups (broad SMARTS) is 1. The highest BCUT2D eigenvalue weighted by molar-refractivity contribution is 5.78. The van der Waals surface area contributed by atoms with E-state index in [0.29, 0.717) is 6.54 Å². The summed E-state index contributed by atoms with van der Waals surface area (Å²) in [6.07, 6.45) is 1.99. The van der Waals surface area contributed by atoms with Gasteiger partial charge in [-0.2, -0.15) is 0 Å². The maximum atomic E-state index is 11.7. The van der Waals surface area contributed by atoms with Gasteiger partial charge in [-0.15, -0.1) is 0 Å². The second-order valence-electron chi connectivity index (χ2n) is 6.12. The third-order valence-corrected chi connectivity index (χ3v) is 3.05. The van der Waals surface area contributed by atoms with Gasteiger partial charge in [0.2, 0.25) is 5.91 Å². The van der Waals surface area contributed by atoms with Crippen LogP contribution in [-0.4, -0.2) is 47.1 Å². The smallest absolute Gasteiger partial charge is 0.303 e. The first-order valence-corrected chi connectivity index (χ1v) is 6.51. The molecule has 0 saturated carbocycles. The first-order chi connectivity index (χ1) is 8.26. The molecule has 1 aliphatic heterocycles. The van der Waals surface area contributed by atoms with Crippen molar-refractivity contribution < 1.29 is 14.7 Å². The van der Waals surface area contributed by atoms with Crippen LogP contribution in [0.1, 0.15) is 40.0 Å². The minimum absolute atomic E-state index is 0.0409. The highest BCUT2D eigenvalue weighted by Gasteiger charge is 2.23. The van der Waals surface area contributed by atoms with Crippen LogP contribution in [0.2, 0.25) is 0 Å². The third kappa shape index (κ3) is 6.00. The van der Waals surface area contributed by atoms with Crippen LogP contribution >= 0.6 is 0 Å². The lowest BCUT2D eigenvalue weighted by Crippen LogP contribution is -2.47. The second-order valence-corrected chi connectivity index (χ2v) is 6.12. The summed E-state index contributed by atoms with van der Waals surface area (Å²) in [6, 6.07) is 0. The third-order valence-electron chi connectivity index (χ3n) is 3.05. The maximum Gasteiger partial charge on any atom is 0.303 e. The molecule has 0 aromatic rings. The van der Waals surface area contributed by atoms with Gasteiger partial charge in [0.25, 0.3) is 0 Å². The lowest BCUT2D eigenvalue weighted by molar-refractivity contribution is -0.138. The zero-order valence-corrected chi connectivity index (χ0v) is 11.5. The van der Waals surface area contributed by atoms with E-state index in [1.807, 2.05) is 20.8 Å². The number of rotatable bonds is 4. The van der Waals surface area contributed by atoms with Gasteiger partial charge in [-0.3, -0.25) is 14.5 Å². The van der Waals surface area contributed by atoms with Crippen LogP contribution in [0.5, 0.6) is 0 Å². The van der Waals surface area contributed by atoms with Crippen molar-refractivity contribution in [1.29, 1.82) is 0 Å². The maximum absolute atomic E-state index is 11.7. The van der Waals surface area contributed by atoms with E-state index < -0.39 is 5.97 Å². The molecule has 0 radical (unpaired) electrons. The molecule has 1 rings (SSSR count).